The molecule has 0 saturated carbocycles. The molecule has 0 atom stereocenters. The van der Waals surface area contributed by atoms with E-state index in [2.05, 4.69) is 4.98 Å². The van der Waals surface area contributed by atoms with Crippen LogP contribution in [0.5, 0.6) is 0 Å². The number of hydrogen-bond donors (Lipinski definition) is 1. The van der Waals surface area contributed by atoms with Gasteiger partial charge in [-0.15, -0.1) is 0 Å². The molecule has 0 saturated heterocycles. The number of nitrogens with one attached hydrogen (secondary N) is 1. The molecule has 0 unspecified atom stereocenters. The molecule has 1 aliphatic rings. The predicted octanol–water partition coefficient (Wildman–Crippen LogP) is 3.28. The van der Waals surface area contributed by atoms with Gasteiger partial charge in [-0.05, 0) is 55.7 Å². The van der Waals surface area contributed by atoms with Gasteiger partial charge >= 0.3 is 0 Å². The number of aryl methyl sites for hydroxylation is 1. The lowest BCUT2D eigenvalue weighted by molar-refractivity contribution is 0.0982. The topological polar surface area (TPSA) is 57.1 Å². The fraction of sp³-hybridized carbons (Fsp3) is 0.235. The van der Waals surface area contributed by atoms with Gasteiger partial charge in [0.2, 0.25) is 0 Å². The maximum Gasteiger partial charge on any atom is 0.259 e. The van der Waals surface area contributed by atoms with Gasteiger partial charge in [-0.1, -0.05) is 6.07 Å². The molecule has 0 radical (unpaired) electrons. The zero-order valence-corrected chi connectivity index (χ0v) is 12.3. The maximum absolute atomic E-state index is 12.8. The van der Waals surface area contributed by atoms with Crippen molar-refractivity contribution in [1.82, 2.24) is 4.98 Å². The lowest BCUT2D eigenvalue weighted by atomic mass is 9.92. The van der Waals surface area contributed by atoms with Gasteiger partial charge in [-0.25, -0.2) is 0 Å². The van der Waals surface area contributed by atoms with Crippen molar-refractivity contribution in [2.75, 3.05) is 4.90 Å². The van der Waals surface area contributed by atoms with Crippen molar-refractivity contribution in [3.63, 3.8) is 0 Å². The van der Waals surface area contributed by atoms with Crippen molar-refractivity contribution in [3.05, 3.63) is 58.9 Å². The van der Waals surface area contributed by atoms with E-state index in [1.807, 2.05) is 39.0 Å². The molecule has 106 valence electrons. The molecule has 1 aromatic heterocycles. The summed E-state index contributed by atoms with van der Waals surface area (Å²) in [6.07, 6.45) is 4.80. The molecular formula is C17H17N3O. The first-order valence-corrected chi connectivity index (χ1v) is 6.86. The van der Waals surface area contributed by atoms with E-state index in [1.165, 1.54) is 6.21 Å². The van der Waals surface area contributed by atoms with Crippen molar-refractivity contribution in [2.24, 2.45) is 0 Å². The first kappa shape index (κ1) is 13.5. The molecule has 1 aromatic carbocycles. The highest BCUT2D eigenvalue weighted by atomic mass is 16.2. The van der Waals surface area contributed by atoms with E-state index >= 15 is 0 Å². The van der Waals surface area contributed by atoms with E-state index in [0.29, 0.717) is 5.56 Å². The Morgan fingerprint density at radius 2 is 2.00 bits per heavy atom. The minimum atomic E-state index is -0.457. The van der Waals surface area contributed by atoms with Gasteiger partial charge in [0.1, 0.15) is 0 Å². The van der Waals surface area contributed by atoms with Gasteiger partial charge < -0.3 is 5.41 Å². The van der Waals surface area contributed by atoms with Crippen molar-refractivity contribution >= 4 is 17.8 Å². The minimum absolute atomic E-state index is 0.0149. The summed E-state index contributed by atoms with van der Waals surface area (Å²) >= 11 is 0. The molecular weight excluding hydrogens is 262 g/mol. The summed E-state index contributed by atoms with van der Waals surface area (Å²) in [6, 6.07) is 7.50. The van der Waals surface area contributed by atoms with Crippen molar-refractivity contribution in [3.8, 4) is 0 Å². The molecule has 0 aliphatic carbocycles. The third kappa shape index (κ3) is 1.95. The van der Waals surface area contributed by atoms with Crippen LogP contribution in [-0.2, 0) is 5.54 Å². The summed E-state index contributed by atoms with van der Waals surface area (Å²) in [5, 5.41) is 7.39. The maximum atomic E-state index is 12.8. The zero-order chi connectivity index (χ0) is 15.2. The standard InChI is InChI=1S/C17H17N3O/c1-11-6-13(10-19-9-11)20-16(21)14-5-4-12(8-18)7-15(14)17(20,2)3/h4-10,18H,1-3H3. The van der Waals surface area contributed by atoms with Crippen LogP contribution in [0.4, 0.5) is 5.69 Å². The Morgan fingerprint density at radius 3 is 2.67 bits per heavy atom. The predicted molar refractivity (Wildman–Crippen MR) is 83.1 cm³/mol. The molecule has 1 N–H and O–H groups in total. The highest BCUT2D eigenvalue weighted by molar-refractivity contribution is 6.12. The second kappa shape index (κ2) is 4.52. The minimum Gasteiger partial charge on any atom is -0.308 e. The molecule has 4 heteroatoms. The SMILES string of the molecule is Cc1cncc(N2C(=O)c3ccc(C=N)cc3C2(C)C)c1. The summed E-state index contributed by atoms with van der Waals surface area (Å²) < 4.78 is 0. The number of hydrogen-bond acceptors (Lipinski definition) is 3. The first-order valence-electron chi connectivity index (χ1n) is 6.86. The number of rotatable bonds is 2. The number of carbonyl (C=O) groups is 1. The highest BCUT2D eigenvalue weighted by Gasteiger charge is 2.43. The fourth-order valence-corrected chi connectivity index (χ4v) is 2.94. The van der Waals surface area contributed by atoms with Gasteiger partial charge in [-0.2, -0.15) is 0 Å². The summed E-state index contributed by atoms with van der Waals surface area (Å²) in [6.45, 7) is 6.00. The number of benzene rings is 1. The summed E-state index contributed by atoms with van der Waals surface area (Å²) in [7, 11) is 0. The van der Waals surface area contributed by atoms with Crippen LogP contribution in [0.2, 0.25) is 0 Å². The fourth-order valence-electron chi connectivity index (χ4n) is 2.94. The first-order chi connectivity index (χ1) is 9.95. The molecule has 2 aromatic rings. The Hall–Kier alpha value is -2.49. The Kier molecular flexibility index (Phi) is 2.90. The number of anilines is 1. The molecule has 0 fully saturated rings. The molecule has 4 nitrogen and oxygen atoms in total. The van der Waals surface area contributed by atoms with Gasteiger partial charge in [0.05, 0.1) is 17.4 Å². The lowest BCUT2D eigenvalue weighted by Gasteiger charge is -2.32. The Balaban J connectivity index is 2.18. The van der Waals surface area contributed by atoms with Crippen molar-refractivity contribution in [2.45, 2.75) is 26.3 Å². The average Bonchev–Trinajstić information content (AvgIpc) is 2.65. The molecule has 3 rings (SSSR count). The third-order valence-electron chi connectivity index (χ3n) is 3.98. The second-order valence-corrected chi connectivity index (χ2v) is 5.87. The summed E-state index contributed by atoms with van der Waals surface area (Å²) in [5.74, 6) is -0.0149. The van der Waals surface area contributed by atoms with Crippen LogP contribution in [0, 0.1) is 12.3 Å². The molecule has 21 heavy (non-hydrogen) atoms. The van der Waals surface area contributed by atoms with E-state index < -0.39 is 5.54 Å². The van der Waals surface area contributed by atoms with E-state index in [-0.39, 0.29) is 5.91 Å². The van der Waals surface area contributed by atoms with Gasteiger partial charge in [-0.3, -0.25) is 14.7 Å². The molecule has 0 spiro atoms. The normalized spacial score (nSPS) is 16.0. The van der Waals surface area contributed by atoms with E-state index in [1.54, 1.807) is 23.4 Å². The number of fused-ring (bicyclic) bond motifs is 1. The number of amides is 1. The monoisotopic (exact) mass is 279 g/mol. The molecule has 2 heterocycles. The van der Waals surface area contributed by atoms with E-state index in [9.17, 15) is 4.79 Å². The van der Waals surface area contributed by atoms with Crippen LogP contribution >= 0.6 is 0 Å². The van der Waals surface area contributed by atoms with E-state index in [4.69, 9.17) is 5.41 Å². The van der Waals surface area contributed by atoms with Crippen LogP contribution in [0.1, 0.15) is 40.9 Å². The van der Waals surface area contributed by atoms with Crippen molar-refractivity contribution < 1.29 is 4.79 Å². The van der Waals surface area contributed by atoms with Crippen LogP contribution in [0.25, 0.3) is 0 Å². The quantitative estimate of drug-likeness (QED) is 0.858. The lowest BCUT2D eigenvalue weighted by Crippen LogP contribution is -2.39. The van der Waals surface area contributed by atoms with Gasteiger partial charge in [0.25, 0.3) is 5.91 Å². The number of pyridine rings is 1. The van der Waals surface area contributed by atoms with Gasteiger partial charge in [0, 0.05) is 18.0 Å². The number of aromatic nitrogens is 1. The van der Waals surface area contributed by atoms with Crippen molar-refractivity contribution in [1.29, 1.82) is 5.41 Å². The average molecular weight is 279 g/mol. The molecule has 1 amide bonds. The van der Waals surface area contributed by atoms with Crippen LogP contribution in [0.15, 0.2) is 36.7 Å². The third-order valence-corrected chi connectivity index (χ3v) is 3.98. The largest absolute Gasteiger partial charge is 0.308 e. The van der Waals surface area contributed by atoms with Crippen LogP contribution in [-0.4, -0.2) is 17.1 Å². The number of carbonyl (C=O) groups excluding carboxylic acids is 1. The van der Waals surface area contributed by atoms with Crippen LogP contribution < -0.4 is 4.90 Å². The molecule has 1 aliphatic heterocycles. The summed E-state index contributed by atoms with van der Waals surface area (Å²) in [5.41, 5.74) is 3.83. The van der Waals surface area contributed by atoms with Crippen LogP contribution in [0.3, 0.4) is 0 Å². The Morgan fingerprint density at radius 1 is 1.24 bits per heavy atom. The smallest absolute Gasteiger partial charge is 0.259 e. The Labute approximate surface area is 123 Å². The second-order valence-electron chi connectivity index (χ2n) is 5.87. The highest BCUT2D eigenvalue weighted by Crippen LogP contribution is 2.41. The van der Waals surface area contributed by atoms with E-state index in [0.717, 1.165) is 22.4 Å². The Bertz CT molecular complexity index is 749. The number of nitrogens with zero attached hydrogens (tertiary/aromatic N) is 2. The zero-order valence-electron chi connectivity index (χ0n) is 12.3. The molecule has 0 bridgehead atoms. The summed E-state index contributed by atoms with van der Waals surface area (Å²) in [4.78, 5) is 18.7. The van der Waals surface area contributed by atoms with Gasteiger partial charge in [0.15, 0.2) is 0 Å².